The molecule has 0 atom stereocenters. The molecule has 6 heteroatoms. The second-order valence-corrected chi connectivity index (χ2v) is 4.06. The summed E-state index contributed by atoms with van der Waals surface area (Å²) in [5, 5.41) is 6.45. The molecular weight excluding hydrogens is 246 g/mol. The van der Waals surface area contributed by atoms with E-state index in [0.29, 0.717) is 23.0 Å². The van der Waals surface area contributed by atoms with Gasteiger partial charge in [0.2, 0.25) is 5.89 Å². The predicted octanol–water partition coefficient (Wildman–Crippen LogP) is 1.63. The molecular formula is C13H15N3O3. The number of aryl methyl sites for hydroxylation is 2. The van der Waals surface area contributed by atoms with Crippen LogP contribution in [0.5, 0.6) is 5.75 Å². The highest BCUT2D eigenvalue weighted by molar-refractivity contribution is 5.98. The number of carbonyl (C=O) groups excluding carboxylic acids is 1. The number of hydrogen-bond acceptors (Lipinski definition) is 5. The van der Waals surface area contributed by atoms with Gasteiger partial charge in [-0.15, -0.1) is 0 Å². The molecule has 2 aromatic rings. The van der Waals surface area contributed by atoms with Crippen LogP contribution in [0.1, 0.15) is 27.6 Å². The monoisotopic (exact) mass is 261 g/mol. The molecule has 0 aliphatic rings. The van der Waals surface area contributed by atoms with Crippen LogP contribution < -0.4 is 10.1 Å². The minimum absolute atomic E-state index is 0.216. The Hall–Kier alpha value is -2.37. The highest BCUT2D eigenvalue weighted by atomic mass is 16.5. The molecule has 0 radical (unpaired) electrons. The summed E-state index contributed by atoms with van der Waals surface area (Å²) in [5.74, 6) is 1.23. The van der Waals surface area contributed by atoms with Crippen molar-refractivity contribution < 1.29 is 14.1 Å². The van der Waals surface area contributed by atoms with E-state index in [1.54, 1.807) is 13.0 Å². The summed E-state index contributed by atoms with van der Waals surface area (Å²) in [6, 6.07) is 5.45. The zero-order chi connectivity index (χ0) is 13.8. The van der Waals surface area contributed by atoms with Gasteiger partial charge >= 0.3 is 0 Å². The summed E-state index contributed by atoms with van der Waals surface area (Å²) >= 11 is 0. The van der Waals surface area contributed by atoms with Gasteiger partial charge in [-0.05, 0) is 18.6 Å². The topological polar surface area (TPSA) is 77.2 Å². The van der Waals surface area contributed by atoms with Crippen molar-refractivity contribution in [1.29, 1.82) is 0 Å². The van der Waals surface area contributed by atoms with Gasteiger partial charge in [-0.3, -0.25) is 4.79 Å². The lowest BCUT2D eigenvalue weighted by Gasteiger charge is -2.10. The van der Waals surface area contributed by atoms with Crippen molar-refractivity contribution in [3.8, 4) is 5.75 Å². The van der Waals surface area contributed by atoms with Crippen LogP contribution in [0.3, 0.4) is 0 Å². The molecule has 19 heavy (non-hydrogen) atoms. The maximum absolute atomic E-state index is 12.1. The average molecular weight is 261 g/mol. The maximum Gasteiger partial charge on any atom is 0.255 e. The number of nitrogens with one attached hydrogen (secondary N) is 1. The number of carbonyl (C=O) groups is 1. The molecule has 2 rings (SSSR count). The third kappa shape index (κ3) is 2.90. The molecule has 6 nitrogen and oxygen atoms in total. The molecule has 0 fully saturated rings. The van der Waals surface area contributed by atoms with E-state index in [4.69, 9.17) is 9.26 Å². The van der Waals surface area contributed by atoms with Crippen LogP contribution in [0.15, 0.2) is 22.7 Å². The molecule has 100 valence electrons. The summed E-state index contributed by atoms with van der Waals surface area (Å²) in [7, 11) is 1.54. The fraction of sp³-hybridized carbons (Fsp3) is 0.308. The van der Waals surface area contributed by atoms with Gasteiger partial charge in [-0.1, -0.05) is 17.3 Å². The van der Waals surface area contributed by atoms with E-state index in [1.165, 1.54) is 7.11 Å². The van der Waals surface area contributed by atoms with Gasteiger partial charge < -0.3 is 14.6 Å². The van der Waals surface area contributed by atoms with Crippen molar-refractivity contribution >= 4 is 5.91 Å². The molecule has 0 aliphatic carbocycles. The summed E-state index contributed by atoms with van der Waals surface area (Å²) in [6.07, 6.45) is 0. The van der Waals surface area contributed by atoms with E-state index in [-0.39, 0.29) is 12.5 Å². The quantitative estimate of drug-likeness (QED) is 0.905. The first-order valence-corrected chi connectivity index (χ1v) is 5.83. The summed E-state index contributed by atoms with van der Waals surface area (Å²) in [4.78, 5) is 16.2. The van der Waals surface area contributed by atoms with Crippen LogP contribution >= 0.6 is 0 Å². The van der Waals surface area contributed by atoms with Gasteiger partial charge in [0, 0.05) is 6.92 Å². The van der Waals surface area contributed by atoms with Gasteiger partial charge in [0.15, 0.2) is 5.82 Å². The van der Waals surface area contributed by atoms with Crippen molar-refractivity contribution in [2.24, 2.45) is 0 Å². The third-order valence-corrected chi connectivity index (χ3v) is 2.66. The number of rotatable bonds is 4. The zero-order valence-corrected chi connectivity index (χ0v) is 11.1. The van der Waals surface area contributed by atoms with E-state index < -0.39 is 0 Å². The van der Waals surface area contributed by atoms with Crippen LogP contribution in [0.25, 0.3) is 0 Å². The minimum Gasteiger partial charge on any atom is -0.496 e. The maximum atomic E-state index is 12.1. The molecule has 1 aromatic heterocycles. The van der Waals surface area contributed by atoms with E-state index in [0.717, 1.165) is 5.56 Å². The SMILES string of the molecule is COc1cccc(C)c1C(=O)NCc1noc(C)n1. The van der Waals surface area contributed by atoms with Gasteiger partial charge in [-0.25, -0.2) is 0 Å². The van der Waals surface area contributed by atoms with E-state index >= 15 is 0 Å². The number of hydrogen-bond donors (Lipinski definition) is 1. The summed E-state index contributed by atoms with van der Waals surface area (Å²) in [5.41, 5.74) is 1.37. The fourth-order valence-electron chi connectivity index (χ4n) is 1.76. The Bertz CT molecular complexity index is 593. The standard InChI is InChI=1S/C13H15N3O3/c1-8-5-4-6-10(18-3)12(8)13(17)14-7-11-15-9(2)19-16-11/h4-6H,7H2,1-3H3,(H,14,17). The first-order valence-electron chi connectivity index (χ1n) is 5.83. The van der Waals surface area contributed by atoms with E-state index in [9.17, 15) is 4.79 Å². The van der Waals surface area contributed by atoms with Crippen molar-refractivity contribution in [2.75, 3.05) is 7.11 Å². The molecule has 1 amide bonds. The Morgan fingerprint density at radius 2 is 2.21 bits per heavy atom. The number of amides is 1. The lowest BCUT2D eigenvalue weighted by Crippen LogP contribution is -2.24. The van der Waals surface area contributed by atoms with Crippen molar-refractivity contribution in [3.63, 3.8) is 0 Å². The first-order chi connectivity index (χ1) is 9.11. The Balaban J connectivity index is 2.12. The van der Waals surface area contributed by atoms with E-state index in [1.807, 2.05) is 19.1 Å². The lowest BCUT2D eigenvalue weighted by atomic mass is 10.1. The highest BCUT2D eigenvalue weighted by Crippen LogP contribution is 2.21. The number of benzene rings is 1. The second kappa shape index (κ2) is 5.51. The molecule has 0 bridgehead atoms. The molecule has 1 N–H and O–H groups in total. The number of methoxy groups -OCH3 is 1. The second-order valence-electron chi connectivity index (χ2n) is 4.06. The fourth-order valence-corrected chi connectivity index (χ4v) is 1.76. The Morgan fingerprint density at radius 3 is 2.84 bits per heavy atom. The van der Waals surface area contributed by atoms with Gasteiger partial charge in [0.05, 0.1) is 19.2 Å². The third-order valence-electron chi connectivity index (χ3n) is 2.66. The normalized spacial score (nSPS) is 10.3. The van der Waals surface area contributed by atoms with Crippen LogP contribution in [-0.4, -0.2) is 23.2 Å². The Morgan fingerprint density at radius 1 is 1.42 bits per heavy atom. The molecule has 1 aromatic carbocycles. The highest BCUT2D eigenvalue weighted by Gasteiger charge is 2.15. The van der Waals surface area contributed by atoms with Crippen molar-refractivity contribution in [2.45, 2.75) is 20.4 Å². The lowest BCUT2D eigenvalue weighted by molar-refractivity contribution is 0.0946. The molecule has 0 unspecified atom stereocenters. The molecule has 1 heterocycles. The minimum atomic E-state index is -0.225. The van der Waals surface area contributed by atoms with Crippen molar-refractivity contribution in [3.05, 3.63) is 41.0 Å². The number of aromatic nitrogens is 2. The molecule has 0 spiro atoms. The summed E-state index contributed by atoms with van der Waals surface area (Å²) in [6.45, 7) is 3.77. The van der Waals surface area contributed by atoms with Crippen LogP contribution in [0.2, 0.25) is 0 Å². The van der Waals surface area contributed by atoms with Crippen LogP contribution in [0, 0.1) is 13.8 Å². The van der Waals surface area contributed by atoms with Gasteiger partial charge in [0.1, 0.15) is 5.75 Å². The molecule has 0 aliphatic heterocycles. The Labute approximate surface area is 110 Å². The van der Waals surface area contributed by atoms with Crippen molar-refractivity contribution in [1.82, 2.24) is 15.5 Å². The van der Waals surface area contributed by atoms with Gasteiger partial charge in [-0.2, -0.15) is 4.98 Å². The Kier molecular flexibility index (Phi) is 3.79. The van der Waals surface area contributed by atoms with Crippen LogP contribution in [0.4, 0.5) is 0 Å². The largest absolute Gasteiger partial charge is 0.496 e. The average Bonchev–Trinajstić information content (AvgIpc) is 2.81. The smallest absolute Gasteiger partial charge is 0.255 e. The molecule has 0 saturated heterocycles. The number of ether oxygens (including phenoxy) is 1. The first kappa shape index (κ1) is 13.1. The zero-order valence-electron chi connectivity index (χ0n) is 11.1. The number of nitrogens with zero attached hydrogens (tertiary/aromatic N) is 2. The molecule has 0 saturated carbocycles. The van der Waals surface area contributed by atoms with Gasteiger partial charge in [0.25, 0.3) is 5.91 Å². The predicted molar refractivity (Wildman–Crippen MR) is 67.9 cm³/mol. The summed E-state index contributed by atoms with van der Waals surface area (Å²) < 4.78 is 10.0. The van der Waals surface area contributed by atoms with Crippen LogP contribution in [-0.2, 0) is 6.54 Å². The van der Waals surface area contributed by atoms with E-state index in [2.05, 4.69) is 15.5 Å².